The summed E-state index contributed by atoms with van der Waals surface area (Å²) in [4.78, 5) is 27.6. The number of methoxy groups -OCH3 is 1. The van der Waals surface area contributed by atoms with E-state index >= 15 is 0 Å². The predicted octanol–water partition coefficient (Wildman–Crippen LogP) is 4.43. The fourth-order valence-electron chi connectivity index (χ4n) is 3.97. The first-order valence-electron chi connectivity index (χ1n) is 10.4. The summed E-state index contributed by atoms with van der Waals surface area (Å²) in [6, 6.07) is 18.8. The minimum absolute atomic E-state index is 0.100. The van der Waals surface area contributed by atoms with Crippen molar-refractivity contribution < 1.29 is 29.3 Å². The summed E-state index contributed by atoms with van der Waals surface area (Å²) in [5, 5.41) is 21.7. The third-order valence-corrected chi connectivity index (χ3v) is 5.46. The maximum Gasteiger partial charge on any atom is 0.300 e. The van der Waals surface area contributed by atoms with Gasteiger partial charge in [0.2, 0.25) is 0 Å². The molecule has 0 aromatic heterocycles. The van der Waals surface area contributed by atoms with E-state index in [4.69, 9.17) is 9.47 Å². The molecule has 7 heteroatoms. The van der Waals surface area contributed by atoms with E-state index in [1.165, 1.54) is 18.1 Å². The third-order valence-electron chi connectivity index (χ3n) is 5.46. The number of hydrogen-bond acceptors (Lipinski definition) is 6. The zero-order valence-corrected chi connectivity index (χ0v) is 18.2. The molecule has 1 heterocycles. The molecular weight excluding hydrogens is 422 g/mol. The number of hydrogen-bond donors (Lipinski definition) is 2. The van der Waals surface area contributed by atoms with Gasteiger partial charge in [-0.25, -0.2) is 0 Å². The van der Waals surface area contributed by atoms with E-state index in [9.17, 15) is 19.8 Å². The zero-order chi connectivity index (χ0) is 23.5. The number of nitrogens with zero attached hydrogens (tertiary/aromatic N) is 1. The number of aromatic hydroxyl groups is 1. The van der Waals surface area contributed by atoms with Crippen molar-refractivity contribution in [1.82, 2.24) is 0 Å². The summed E-state index contributed by atoms with van der Waals surface area (Å²) in [6.07, 6.45) is 0. The lowest BCUT2D eigenvalue weighted by molar-refractivity contribution is -0.132. The van der Waals surface area contributed by atoms with Crippen molar-refractivity contribution in [2.45, 2.75) is 13.0 Å². The molecule has 0 saturated carbocycles. The monoisotopic (exact) mass is 445 g/mol. The zero-order valence-electron chi connectivity index (χ0n) is 18.2. The van der Waals surface area contributed by atoms with Gasteiger partial charge in [-0.1, -0.05) is 30.3 Å². The molecule has 0 bridgehead atoms. The maximum absolute atomic E-state index is 13.2. The number of Topliss-reactive ketones (excluding diaryl/α,β-unsaturated/α-hetero) is 1. The smallest absolute Gasteiger partial charge is 0.300 e. The Morgan fingerprint density at radius 3 is 2.30 bits per heavy atom. The van der Waals surface area contributed by atoms with Gasteiger partial charge in [-0.3, -0.25) is 14.5 Å². The molecule has 3 aromatic rings. The summed E-state index contributed by atoms with van der Waals surface area (Å²) in [5.74, 6) is -1.17. The topological polar surface area (TPSA) is 96.3 Å². The van der Waals surface area contributed by atoms with E-state index in [0.29, 0.717) is 29.2 Å². The van der Waals surface area contributed by atoms with E-state index < -0.39 is 17.7 Å². The highest BCUT2D eigenvalue weighted by Crippen LogP contribution is 2.46. The molecule has 0 aliphatic carbocycles. The van der Waals surface area contributed by atoms with Gasteiger partial charge in [0.05, 0.1) is 31.0 Å². The lowest BCUT2D eigenvalue weighted by Crippen LogP contribution is -2.29. The predicted molar refractivity (Wildman–Crippen MR) is 123 cm³/mol. The number of rotatable bonds is 6. The molecule has 4 rings (SSSR count). The van der Waals surface area contributed by atoms with Crippen LogP contribution in [-0.4, -0.2) is 35.6 Å². The number of carbonyl (C=O) groups is 2. The average molecular weight is 445 g/mol. The highest BCUT2D eigenvalue weighted by Gasteiger charge is 2.48. The van der Waals surface area contributed by atoms with E-state index in [1.807, 2.05) is 6.92 Å². The minimum atomic E-state index is -1.01. The van der Waals surface area contributed by atoms with Crippen LogP contribution in [0.15, 0.2) is 78.4 Å². The van der Waals surface area contributed by atoms with Crippen molar-refractivity contribution in [3.05, 3.63) is 89.5 Å². The molecule has 0 spiro atoms. The molecule has 1 saturated heterocycles. The van der Waals surface area contributed by atoms with E-state index in [0.717, 1.165) is 0 Å². The van der Waals surface area contributed by atoms with Crippen molar-refractivity contribution in [2.24, 2.45) is 0 Å². The third kappa shape index (κ3) is 3.89. The van der Waals surface area contributed by atoms with Crippen LogP contribution in [0.4, 0.5) is 5.69 Å². The average Bonchev–Trinajstić information content (AvgIpc) is 3.10. The number of ketones is 1. The summed E-state index contributed by atoms with van der Waals surface area (Å²) in [5.41, 5.74) is 0.904. The molecule has 2 N–H and O–H groups in total. The Labute approximate surface area is 191 Å². The van der Waals surface area contributed by atoms with Gasteiger partial charge < -0.3 is 19.7 Å². The second-order valence-corrected chi connectivity index (χ2v) is 7.36. The number of carbonyl (C=O) groups excluding carboxylic acids is 2. The number of aliphatic hydroxyl groups is 1. The fraction of sp³-hybridized carbons (Fsp3) is 0.154. The molecule has 1 amide bonds. The second kappa shape index (κ2) is 9.08. The SMILES string of the molecule is CCOc1ccc(/C(O)=C2\C(=O)C(=O)N(c3ccccc3O)C2c2ccccc2OC)cc1. The molecule has 1 unspecified atom stereocenters. The highest BCUT2D eigenvalue weighted by molar-refractivity contribution is 6.52. The first kappa shape index (κ1) is 22.0. The molecule has 7 nitrogen and oxygen atoms in total. The van der Waals surface area contributed by atoms with Crippen LogP contribution in [0.2, 0.25) is 0 Å². The molecule has 3 aromatic carbocycles. The first-order valence-corrected chi connectivity index (χ1v) is 10.4. The second-order valence-electron chi connectivity index (χ2n) is 7.36. The molecule has 1 aliphatic heterocycles. The number of ether oxygens (including phenoxy) is 2. The molecule has 1 fully saturated rings. The number of benzene rings is 3. The Hall–Kier alpha value is -4.26. The van der Waals surface area contributed by atoms with Gasteiger partial charge in [-0.05, 0) is 49.4 Å². The Kier molecular flexibility index (Phi) is 6.04. The van der Waals surface area contributed by atoms with Crippen LogP contribution < -0.4 is 14.4 Å². The van der Waals surface area contributed by atoms with Crippen molar-refractivity contribution in [2.75, 3.05) is 18.6 Å². The number of anilines is 1. The fourth-order valence-corrected chi connectivity index (χ4v) is 3.97. The van der Waals surface area contributed by atoms with Gasteiger partial charge in [0, 0.05) is 11.1 Å². The number of aliphatic hydroxyl groups excluding tert-OH is 1. The number of phenolic OH excluding ortho intramolecular Hbond substituents is 1. The quantitative estimate of drug-likeness (QED) is 0.331. The van der Waals surface area contributed by atoms with Crippen LogP contribution in [0.25, 0.3) is 5.76 Å². The summed E-state index contributed by atoms with van der Waals surface area (Å²) < 4.78 is 10.9. The number of para-hydroxylation sites is 3. The van der Waals surface area contributed by atoms with E-state index in [1.54, 1.807) is 66.7 Å². The van der Waals surface area contributed by atoms with Gasteiger partial charge in [-0.2, -0.15) is 0 Å². The van der Waals surface area contributed by atoms with Crippen LogP contribution in [0.1, 0.15) is 24.1 Å². The summed E-state index contributed by atoms with van der Waals surface area (Å²) >= 11 is 0. The Bertz CT molecular complexity index is 1230. The largest absolute Gasteiger partial charge is 0.507 e. The van der Waals surface area contributed by atoms with Crippen molar-refractivity contribution in [3.63, 3.8) is 0 Å². The Morgan fingerprint density at radius 1 is 0.970 bits per heavy atom. The van der Waals surface area contributed by atoms with Gasteiger partial charge in [0.15, 0.2) is 0 Å². The van der Waals surface area contributed by atoms with Gasteiger partial charge in [-0.15, -0.1) is 0 Å². The van der Waals surface area contributed by atoms with Crippen LogP contribution in [-0.2, 0) is 9.59 Å². The van der Waals surface area contributed by atoms with Crippen LogP contribution in [0, 0.1) is 0 Å². The normalized spacial score (nSPS) is 17.3. The molecule has 1 aliphatic rings. The summed E-state index contributed by atoms with van der Waals surface area (Å²) in [6.45, 7) is 2.35. The Morgan fingerprint density at radius 2 is 1.64 bits per heavy atom. The van der Waals surface area contributed by atoms with Crippen molar-refractivity contribution >= 4 is 23.1 Å². The van der Waals surface area contributed by atoms with E-state index in [2.05, 4.69) is 0 Å². The lowest BCUT2D eigenvalue weighted by atomic mass is 9.94. The van der Waals surface area contributed by atoms with Crippen LogP contribution in [0.3, 0.4) is 0 Å². The Balaban J connectivity index is 1.94. The summed E-state index contributed by atoms with van der Waals surface area (Å²) in [7, 11) is 1.48. The first-order chi connectivity index (χ1) is 16.0. The van der Waals surface area contributed by atoms with Gasteiger partial charge in [0.25, 0.3) is 11.7 Å². The van der Waals surface area contributed by atoms with Crippen LogP contribution >= 0.6 is 0 Å². The number of phenols is 1. The highest BCUT2D eigenvalue weighted by atomic mass is 16.5. The van der Waals surface area contributed by atoms with Crippen molar-refractivity contribution in [1.29, 1.82) is 0 Å². The van der Waals surface area contributed by atoms with Gasteiger partial charge >= 0.3 is 0 Å². The standard InChI is InChI=1S/C26H23NO6/c1-3-33-17-14-12-16(13-15-17)24(29)22-23(18-8-4-7-11-21(18)32-2)27(26(31)25(22)30)19-9-5-6-10-20(19)28/h4-15,23,28-29H,3H2,1-2H3/b24-22+. The molecule has 0 radical (unpaired) electrons. The van der Waals surface area contributed by atoms with Gasteiger partial charge in [0.1, 0.15) is 23.0 Å². The lowest BCUT2D eigenvalue weighted by Gasteiger charge is -2.27. The number of amides is 1. The van der Waals surface area contributed by atoms with Crippen LogP contribution in [0.5, 0.6) is 17.2 Å². The molecule has 33 heavy (non-hydrogen) atoms. The van der Waals surface area contributed by atoms with E-state index in [-0.39, 0.29) is 22.8 Å². The molecular formula is C26H23NO6. The maximum atomic E-state index is 13.2. The van der Waals surface area contributed by atoms with Crippen molar-refractivity contribution in [3.8, 4) is 17.2 Å². The molecule has 1 atom stereocenters. The molecule has 168 valence electrons. The minimum Gasteiger partial charge on any atom is -0.507 e.